The van der Waals surface area contributed by atoms with Crippen LogP contribution in [0.5, 0.6) is 5.75 Å². The molecule has 0 bridgehead atoms. The van der Waals surface area contributed by atoms with E-state index in [2.05, 4.69) is 10.1 Å². The number of rotatable bonds is 3. The quantitative estimate of drug-likeness (QED) is 0.888. The fourth-order valence-electron chi connectivity index (χ4n) is 2.36. The number of ether oxygens (including phenoxy) is 1. The summed E-state index contributed by atoms with van der Waals surface area (Å²) in [5.41, 5.74) is 6.69. The van der Waals surface area contributed by atoms with E-state index in [1.54, 1.807) is 12.1 Å². The standard InChI is InChI=1S/C13H17F3N2O/c14-13(15,16)19-11-3-1-2-10(8-11)9-12(17)4-6-18-7-5-12/h1-3,8,18H,4-7,9,17H2. The van der Waals surface area contributed by atoms with Crippen LogP contribution in [0.15, 0.2) is 24.3 Å². The Labute approximate surface area is 109 Å². The molecule has 1 aromatic carbocycles. The molecule has 0 aliphatic carbocycles. The van der Waals surface area contributed by atoms with E-state index in [0.29, 0.717) is 6.42 Å². The second kappa shape index (κ2) is 5.38. The molecule has 106 valence electrons. The van der Waals surface area contributed by atoms with Gasteiger partial charge in [-0.2, -0.15) is 0 Å². The largest absolute Gasteiger partial charge is 0.573 e. The minimum absolute atomic E-state index is 0.192. The molecule has 0 amide bonds. The molecule has 0 unspecified atom stereocenters. The van der Waals surface area contributed by atoms with Crippen molar-refractivity contribution >= 4 is 0 Å². The van der Waals surface area contributed by atoms with E-state index in [1.807, 2.05) is 0 Å². The topological polar surface area (TPSA) is 47.3 Å². The molecule has 6 heteroatoms. The summed E-state index contributed by atoms with van der Waals surface area (Å²) < 4.78 is 40.4. The normalized spacial score (nSPS) is 19.2. The minimum atomic E-state index is -4.66. The molecule has 1 saturated heterocycles. The summed E-state index contributed by atoms with van der Waals surface area (Å²) in [4.78, 5) is 0. The van der Waals surface area contributed by atoms with Crippen molar-refractivity contribution in [1.29, 1.82) is 0 Å². The van der Waals surface area contributed by atoms with Crippen LogP contribution in [0.1, 0.15) is 18.4 Å². The van der Waals surface area contributed by atoms with E-state index in [4.69, 9.17) is 5.73 Å². The maximum Gasteiger partial charge on any atom is 0.573 e. The first-order chi connectivity index (χ1) is 8.86. The predicted octanol–water partition coefficient (Wildman–Crippen LogP) is 2.21. The number of halogens is 3. The van der Waals surface area contributed by atoms with E-state index in [-0.39, 0.29) is 11.3 Å². The van der Waals surface area contributed by atoms with Gasteiger partial charge in [-0.15, -0.1) is 13.2 Å². The average Bonchev–Trinajstić information content (AvgIpc) is 2.27. The Balaban J connectivity index is 2.06. The van der Waals surface area contributed by atoms with Gasteiger partial charge >= 0.3 is 6.36 Å². The highest BCUT2D eigenvalue weighted by Crippen LogP contribution is 2.26. The number of nitrogens with two attached hydrogens (primary N) is 1. The van der Waals surface area contributed by atoms with Gasteiger partial charge in [-0.05, 0) is 50.0 Å². The van der Waals surface area contributed by atoms with Gasteiger partial charge in [-0.25, -0.2) is 0 Å². The zero-order chi connectivity index (χ0) is 13.9. The van der Waals surface area contributed by atoms with Crippen molar-refractivity contribution in [2.75, 3.05) is 13.1 Å². The van der Waals surface area contributed by atoms with Crippen molar-refractivity contribution in [2.45, 2.75) is 31.2 Å². The maximum atomic E-state index is 12.2. The molecule has 2 rings (SSSR count). The molecule has 3 nitrogen and oxygen atoms in total. The van der Waals surface area contributed by atoms with Crippen LogP contribution in [0.25, 0.3) is 0 Å². The zero-order valence-electron chi connectivity index (χ0n) is 10.5. The SMILES string of the molecule is NC1(Cc2cccc(OC(F)(F)F)c2)CCNCC1. The maximum absolute atomic E-state index is 12.2. The number of benzene rings is 1. The predicted molar refractivity (Wildman–Crippen MR) is 65.9 cm³/mol. The molecule has 19 heavy (non-hydrogen) atoms. The van der Waals surface area contributed by atoms with Gasteiger partial charge in [0.2, 0.25) is 0 Å². The molecular formula is C13H17F3N2O. The molecule has 0 spiro atoms. The highest BCUT2D eigenvalue weighted by molar-refractivity contribution is 5.30. The first kappa shape index (κ1) is 14.1. The van der Waals surface area contributed by atoms with Crippen LogP contribution in [0.4, 0.5) is 13.2 Å². The number of piperidine rings is 1. The van der Waals surface area contributed by atoms with Gasteiger partial charge in [0.15, 0.2) is 0 Å². The van der Waals surface area contributed by atoms with E-state index in [9.17, 15) is 13.2 Å². The summed E-state index contributed by atoms with van der Waals surface area (Å²) in [6, 6.07) is 6.04. The number of nitrogens with one attached hydrogen (secondary N) is 1. The first-order valence-corrected chi connectivity index (χ1v) is 6.21. The average molecular weight is 274 g/mol. The molecule has 0 aromatic heterocycles. The summed E-state index contributed by atoms with van der Waals surface area (Å²) in [6.07, 6.45) is -2.47. The van der Waals surface area contributed by atoms with Crippen molar-refractivity contribution in [3.63, 3.8) is 0 Å². The van der Waals surface area contributed by atoms with Crippen LogP contribution >= 0.6 is 0 Å². The molecule has 1 heterocycles. The van der Waals surface area contributed by atoms with E-state index >= 15 is 0 Å². The van der Waals surface area contributed by atoms with Crippen molar-refractivity contribution in [3.8, 4) is 5.75 Å². The molecule has 0 saturated carbocycles. The van der Waals surface area contributed by atoms with Gasteiger partial charge in [-0.3, -0.25) is 0 Å². The summed E-state index contributed by atoms with van der Waals surface area (Å²) in [7, 11) is 0. The van der Waals surface area contributed by atoms with Crippen molar-refractivity contribution in [1.82, 2.24) is 5.32 Å². The van der Waals surface area contributed by atoms with E-state index < -0.39 is 6.36 Å². The summed E-state index contributed by atoms with van der Waals surface area (Å²) in [5, 5.41) is 3.21. The van der Waals surface area contributed by atoms with Gasteiger partial charge < -0.3 is 15.8 Å². The summed E-state index contributed by atoms with van der Waals surface area (Å²) >= 11 is 0. The third-order valence-corrected chi connectivity index (χ3v) is 3.29. The molecule has 1 fully saturated rings. The van der Waals surface area contributed by atoms with Crippen LogP contribution in [0.2, 0.25) is 0 Å². The first-order valence-electron chi connectivity index (χ1n) is 6.21. The number of hydrogen-bond donors (Lipinski definition) is 2. The molecule has 3 N–H and O–H groups in total. The second-order valence-corrected chi connectivity index (χ2v) is 4.98. The highest BCUT2D eigenvalue weighted by Gasteiger charge is 2.31. The third-order valence-electron chi connectivity index (χ3n) is 3.29. The van der Waals surface area contributed by atoms with Gasteiger partial charge in [0.25, 0.3) is 0 Å². The Hall–Kier alpha value is -1.27. The Kier molecular flexibility index (Phi) is 4.01. The third kappa shape index (κ3) is 4.40. The zero-order valence-corrected chi connectivity index (χ0v) is 10.5. The molecule has 1 aliphatic rings. The Morgan fingerprint density at radius 3 is 2.58 bits per heavy atom. The van der Waals surface area contributed by atoms with Crippen molar-refractivity contribution in [2.24, 2.45) is 5.73 Å². The molecule has 1 aromatic rings. The Morgan fingerprint density at radius 2 is 1.95 bits per heavy atom. The fraction of sp³-hybridized carbons (Fsp3) is 0.538. The lowest BCUT2D eigenvalue weighted by molar-refractivity contribution is -0.274. The van der Waals surface area contributed by atoms with Gasteiger partial charge in [-0.1, -0.05) is 12.1 Å². The second-order valence-electron chi connectivity index (χ2n) is 4.98. The summed E-state index contributed by atoms with van der Waals surface area (Å²) in [6.45, 7) is 1.69. The van der Waals surface area contributed by atoms with Crippen LogP contribution < -0.4 is 15.8 Å². The Morgan fingerprint density at radius 1 is 1.26 bits per heavy atom. The van der Waals surface area contributed by atoms with Gasteiger partial charge in [0.1, 0.15) is 5.75 Å². The van der Waals surface area contributed by atoms with Crippen LogP contribution in [0.3, 0.4) is 0 Å². The monoisotopic (exact) mass is 274 g/mol. The van der Waals surface area contributed by atoms with Crippen LogP contribution in [-0.2, 0) is 6.42 Å². The number of alkyl halides is 3. The molecule has 0 atom stereocenters. The van der Waals surface area contributed by atoms with Crippen LogP contribution in [-0.4, -0.2) is 25.0 Å². The van der Waals surface area contributed by atoms with Gasteiger partial charge in [0.05, 0.1) is 0 Å². The molecule has 0 radical (unpaired) electrons. The minimum Gasteiger partial charge on any atom is -0.406 e. The van der Waals surface area contributed by atoms with Gasteiger partial charge in [0, 0.05) is 5.54 Å². The van der Waals surface area contributed by atoms with E-state index in [0.717, 1.165) is 31.5 Å². The lowest BCUT2D eigenvalue weighted by atomic mass is 9.83. The van der Waals surface area contributed by atoms with Crippen molar-refractivity contribution in [3.05, 3.63) is 29.8 Å². The molecule has 1 aliphatic heterocycles. The molecular weight excluding hydrogens is 257 g/mol. The lowest BCUT2D eigenvalue weighted by Crippen LogP contribution is -2.50. The lowest BCUT2D eigenvalue weighted by Gasteiger charge is -2.34. The number of hydrogen-bond acceptors (Lipinski definition) is 3. The van der Waals surface area contributed by atoms with Crippen LogP contribution in [0, 0.1) is 0 Å². The fourth-order valence-corrected chi connectivity index (χ4v) is 2.36. The van der Waals surface area contributed by atoms with Crippen molar-refractivity contribution < 1.29 is 17.9 Å². The summed E-state index contributed by atoms with van der Waals surface area (Å²) in [5.74, 6) is -0.192. The van der Waals surface area contributed by atoms with E-state index in [1.165, 1.54) is 12.1 Å². The Bertz CT molecular complexity index is 428. The smallest absolute Gasteiger partial charge is 0.406 e. The highest BCUT2D eigenvalue weighted by atomic mass is 19.4.